The smallest absolute Gasteiger partial charge is 0.251 e. The monoisotopic (exact) mass is 344 g/mol. The lowest BCUT2D eigenvalue weighted by atomic mass is 10.1. The Hall–Kier alpha value is -0.620. The summed E-state index contributed by atoms with van der Waals surface area (Å²) in [4.78, 5) is 12.0. The van der Waals surface area contributed by atoms with Crippen LogP contribution < -0.4 is 10.6 Å². The minimum absolute atomic E-state index is 0.0371. The van der Waals surface area contributed by atoms with Crippen LogP contribution in [0, 0.1) is 3.57 Å². The highest BCUT2D eigenvalue weighted by molar-refractivity contribution is 14.1. The van der Waals surface area contributed by atoms with Gasteiger partial charge in [-0.1, -0.05) is 6.42 Å². The number of benzene rings is 1. The van der Waals surface area contributed by atoms with Gasteiger partial charge >= 0.3 is 0 Å². The maximum absolute atomic E-state index is 12.0. The minimum atomic E-state index is 0.0371. The van der Waals surface area contributed by atoms with Gasteiger partial charge in [-0.05, 0) is 66.2 Å². The van der Waals surface area contributed by atoms with Gasteiger partial charge in [0.2, 0.25) is 0 Å². The molecule has 1 aromatic carbocycles. The van der Waals surface area contributed by atoms with Gasteiger partial charge in [-0.15, -0.1) is 0 Å². The summed E-state index contributed by atoms with van der Waals surface area (Å²) in [7, 11) is 0. The predicted octanol–water partition coefficient (Wildman–Crippen LogP) is 2.16. The molecule has 1 saturated heterocycles. The SMILES string of the molecule is O=C(NC1CCCCNC1)c1ccc(I)cc1. The summed E-state index contributed by atoms with van der Waals surface area (Å²) in [6.45, 7) is 1.95. The first-order valence-electron chi connectivity index (χ1n) is 6.03. The summed E-state index contributed by atoms with van der Waals surface area (Å²) in [5.74, 6) is 0.0371. The Morgan fingerprint density at radius 1 is 1.29 bits per heavy atom. The molecule has 1 aliphatic heterocycles. The first kappa shape index (κ1) is 12.8. The Labute approximate surface area is 116 Å². The predicted molar refractivity (Wildman–Crippen MR) is 77.1 cm³/mol. The van der Waals surface area contributed by atoms with Crippen molar-refractivity contribution in [1.82, 2.24) is 10.6 Å². The highest BCUT2D eigenvalue weighted by Gasteiger charge is 2.15. The quantitative estimate of drug-likeness (QED) is 0.808. The Morgan fingerprint density at radius 3 is 2.82 bits per heavy atom. The van der Waals surface area contributed by atoms with Gasteiger partial charge < -0.3 is 10.6 Å². The first-order valence-corrected chi connectivity index (χ1v) is 7.11. The van der Waals surface area contributed by atoms with E-state index in [0.29, 0.717) is 0 Å². The van der Waals surface area contributed by atoms with Crippen LogP contribution in [0.3, 0.4) is 0 Å². The van der Waals surface area contributed by atoms with Crippen molar-refractivity contribution >= 4 is 28.5 Å². The summed E-state index contributed by atoms with van der Waals surface area (Å²) in [5, 5.41) is 6.44. The molecule has 1 aromatic rings. The van der Waals surface area contributed by atoms with E-state index in [1.54, 1.807) is 0 Å². The van der Waals surface area contributed by atoms with E-state index in [0.717, 1.165) is 28.6 Å². The minimum Gasteiger partial charge on any atom is -0.348 e. The summed E-state index contributed by atoms with van der Waals surface area (Å²) in [5.41, 5.74) is 0.745. The molecule has 1 fully saturated rings. The third-order valence-corrected chi connectivity index (χ3v) is 3.71. The zero-order valence-electron chi connectivity index (χ0n) is 9.71. The molecule has 2 rings (SSSR count). The summed E-state index contributed by atoms with van der Waals surface area (Å²) in [6, 6.07) is 7.94. The lowest BCUT2D eigenvalue weighted by Crippen LogP contribution is -2.40. The average Bonchev–Trinajstić information content (AvgIpc) is 2.58. The second-order valence-corrected chi connectivity index (χ2v) is 5.62. The Morgan fingerprint density at radius 2 is 2.06 bits per heavy atom. The van der Waals surface area contributed by atoms with Gasteiger partial charge in [-0.3, -0.25) is 4.79 Å². The number of hydrogen-bond donors (Lipinski definition) is 2. The lowest BCUT2D eigenvalue weighted by Gasteiger charge is -2.16. The molecule has 0 radical (unpaired) electrons. The van der Waals surface area contributed by atoms with Gasteiger partial charge in [0.25, 0.3) is 5.91 Å². The molecule has 1 amide bonds. The fourth-order valence-corrected chi connectivity index (χ4v) is 2.37. The van der Waals surface area contributed by atoms with Crippen LogP contribution in [-0.4, -0.2) is 25.0 Å². The first-order chi connectivity index (χ1) is 8.25. The van der Waals surface area contributed by atoms with Gasteiger partial charge in [-0.2, -0.15) is 0 Å². The molecule has 92 valence electrons. The van der Waals surface area contributed by atoms with E-state index < -0.39 is 0 Å². The van der Waals surface area contributed by atoms with Crippen molar-refractivity contribution in [3.63, 3.8) is 0 Å². The molecular weight excluding hydrogens is 327 g/mol. The van der Waals surface area contributed by atoms with Gasteiger partial charge in [-0.25, -0.2) is 0 Å². The fourth-order valence-electron chi connectivity index (χ4n) is 2.01. The number of carbonyl (C=O) groups excluding carboxylic acids is 1. The molecule has 1 unspecified atom stereocenters. The Kier molecular flexibility index (Phi) is 4.79. The van der Waals surface area contributed by atoms with Crippen LogP contribution in [0.25, 0.3) is 0 Å². The summed E-state index contributed by atoms with van der Waals surface area (Å²) in [6.07, 6.45) is 3.46. The number of nitrogens with one attached hydrogen (secondary N) is 2. The maximum Gasteiger partial charge on any atom is 0.251 e. The molecule has 1 heterocycles. The van der Waals surface area contributed by atoms with Gasteiger partial charge in [0.05, 0.1) is 0 Å². The molecule has 17 heavy (non-hydrogen) atoms. The fraction of sp³-hybridized carbons (Fsp3) is 0.462. The third kappa shape index (κ3) is 3.96. The van der Waals surface area contributed by atoms with Crippen LogP contribution >= 0.6 is 22.6 Å². The van der Waals surface area contributed by atoms with Gasteiger partial charge in [0, 0.05) is 21.7 Å². The highest BCUT2D eigenvalue weighted by Crippen LogP contribution is 2.08. The van der Waals surface area contributed by atoms with Crippen LogP contribution in [0.15, 0.2) is 24.3 Å². The molecule has 0 bridgehead atoms. The topological polar surface area (TPSA) is 41.1 Å². The van der Waals surface area contributed by atoms with E-state index in [9.17, 15) is 4.79 Å². The largest absolute Gasteiger partial charge is 0.348 e. The number of amides is 1. The van der Waals surface area contributed by atoms with Crippen LogP contribution in [0.5, 0.6) is 0 Å². The van der Waals surface area contributed by atoms with Crippen molar-refractivity contribution in [1.29, 1.82) is 0 Å². The number of halogens is 1. The van der Waals surface area contributed by atoms with Crippen molar-refractivity contribution in [3.05, 3.63) is 33.4 Å². The number of rotatable bonds is 2. The summed E-state index contributed by atoms with van der Waals surface area (Å²) < 4.78 is 1.15. The molecule has 4 heteroatoms. The molecule has 3 nitrogen and oxygen atoms in total. The van der Waals surface area contributed by atoms with Crippen LogP contribution in [0.1, 0.15) is 29.6 Å². The van der Waals surface area contributed by atoms with E-state index in [-0.39, 0.29) is 11.9 Å². The third-order valence-electron chi connectivity index (χ3n) is 2.99. The number of hydrogen-bond acceptors (Lipinski definition) is 2. The zero-order valence-corrected chi connectivity index (χ0v) is 11.9. The molecule has 1 atom stereocenters. The van der Waals surface area contributed by atoms with E-state index in [1.165, 1.54) is 12.8 Å². The molecule has 1 aliphatic rings. The van der Waals surface area contributed by atoms with Crippen molar-refractivity contribution in [2.45, 2.75) is 25.3 Å². The standard InChI is InChI=1S/C13H17IN2O/c14-11-6-4-10(5-7-11)13(17)16-12-3-1-2-8-15-9-12/h4-7,12,15H,1-3,8-9H2,(H,16,17). The Balaban J connectivity index is 1.93. The van der Waals surface area contributed by atoms with Crippen molar-refractivity contribution < 1.29 is 4.79 Å². The van der Waals surface area contributed by atoms with Crippen LogP contribution in [0.2, 0.25) is 0 Å². The maximum atomic E-state index is 12.0. The van der Waals surface area contributed by atoms with Gasteiger partial charge in [0.15, 0.2) is 0 Å². The van der Waals surface area contributed by atoms with Crippen molar-refractivity contribution in [2.75, 3.05) is 13.1 Å². The van der Waals surface area contributed by atoms with Crippen molar-refractivity contribution in [3.8, 4) is 0 Å². The van der Waals surface area contributed by atoms with E-state index in [4.69, 9.17) is 0 Å². The van der Waals surface area contributed by atoms with Crippen molar-refractivity contribution in [2.24, 2.45) is 0 Å². The Bertz CT molecular complexity index is 370. The normalized spacial score (nSPS) is 20.6. The van der Waals surface area contributed by atoms with Gasteiger partial charge in [0.1, 0.15) is 0 Å². The molecule has 2 N–H and O–H groups in total. The van der Waals surface area contributed by atoms with E-state index in [1.807, 2.05) is 24.3 Å². The zero-order chi connectivity index (χ0) is 12.1. The average molecular weight is 344 g/mol. The van der Waals surface area contributed by atoms with Crippen LogP contribution in [-0.2, 0) is 0 Å². The van der Waals surface area contributed by atoms with E-state index >= 15 is 0 Å². The molecule has 0 spiro atoms. The second-order valence-electron chi connectivity index (χ2n) is 4.38. The molecule has 0 aliphatic carbocycles. The van der Waals surface area contributed by atoms with E-state index in [2.05, 4.69) is 33.2 Å². The molecule has 0 aromatic heterocycles. The number of carbonyl (C=O) groups is 1. The molecular formula is C13H17IN2O. The molecule has 0 saturated carbocycles. The van der Waals surface area contributed by atoms with Crippen LogP contribution in [0.4, 0.5) is 0 Å². The summed E-state index contributed by atoms with van der Waals surface area (Å²) >= 11 is 2.24. The lowest BCUT2D eigenvalue weighted by molar-refractivity contribution is 0.0935. The second kappa shape index (κ2) is 6.35. The highest BCUT2D eigenvalue weighted by atomic mass is 127.